The minimum Gasteiger partial charge on any atom is -0.308 e. The first-order valence-corrected chi connectivity index (χ1v) is 10.3. The van der Waals surface area contributed by atoms with E-state index in [2.05, 4.69) is 0 Å². The predicted molar refractivity (Wildman–Crippen MR) is 124 cm³/mol. The molecule has 0 atom stereocenters. The molecule has 152 valence electrons. The lowest BCUT2D eigenvalue weighted by atomic mass is 10.1. The first kappa shape index (κ1) is 19.0. The molecule has 1 amide bonds. The fraction of sp³-hybridized carbons (Fsp3) is 0.115. The van der Waals surface area contributed by atoms with Crippen molar-refractivity contribution in [1.82, 2.24) is 9.55 Å². The van der Waals surface area contributed by atoms with Crippen LogP contribution in [0.25, 0.3) is 28.2 Å². The van der Waals surface area contributed by atoms with E-state index in [-0.39, 0.29) is 11.5 Å². The minimum atomic E-state index is -0.158. The van der Waals surface area contributed by atoms with E-state index < -0.39 is 0 Å². The third-order valence-electron chi connectivity index (χ3n) is 5.61. The van der Waals surface area contributed by atoms with Gasteiger partial charge in [-0.2, -0.15) is 0 Å². The quantitative estimate of drug-likeness (QED) is 0.467. The molecule has 1 aliphatic heterocycles. The fourth-order valence-electron chi connectivity index (χ4n) is 4.15. The van der Waals surface area contributed by atoms with Gasteiger partial charge in [0.2, 0.25) is 0 Å². The Labute approximate surface area is 179 Å². The van der Waals surface area contributed by atoms with E-state index in [1.165, 1.54) is 0 Å². The molecule has 2 heterocycles. The monoisotopic (exact) mass is 407 g/mol. The summed E-state index contributed by atoms with van der Waals surface area (Å²) in [6.45, 7) is 4.51. The van der Waals surface area contributed by atoms with Gasteiger partial charge in [-0.05, 0) is 55.8 Å². The molecule has 5 rings (SSSR count). The number of hydrogen-bond donors (Lipinski definition) is 0. The van der Waals surface area contributed by atoms with E-state index in [1.54, 1.807) is 21.6 Å². The predicted octanol–water partition coefficient (Wildman–Crippen LogP) is 4.60. The van der Waals surface area contributed by atoms with Crippen molar-refractivity contribution in [1.29, 1.82) is 0 Å². The van der Waals surface area contributed by atoms with E-state index in [4.69, 9.17) is 4.98 Å². The number of carbonyl (C=O) groups is 1. The van der Waals surface area contributed by atoms with Gasteiger partial charge in [0.15, 0.2) is 0 Å². The van der Waals surface area contributed by atoms with Crippen LogP contribution in [-0.2, 0) is 4.79 Å². The minimum absolute atomic E-state index is 0.0816. The zero-order valence-electron chi connectivity index (χ0n) is 17.4. The molecule has 0 N–H and O–H groups in total. The molecule has 1 aliphatic rings. The van der Waals surface area contributed by atoms with Gasteiger partial charge in [0, 0.05) is 12.1 Å². The van der Waals surface area contributed by atoms with Gasteiger partial charge in [0.05, 0.1) is 27.9 Å². The lowest BCUT2D eigenvalue weighted by Gasteiger charge is -2.14. The maximum atomic E-state index is 13.5. The number of rotatable bonds is 3. The van der Waals surface area contributed by atoms with Crippen LogP contribution >= 0.6 is 0 Å². The number of fused-ring (bicyclic) bond motifs is 2. The van der Waals surface area contributed by atoms with Gasteiger partial charge in [0.25, 0.3) is 11.5 Å². The van der Waals surface area contributed by atoms with E-state index in [1.807, 2.05) is 80.6 Å². The molecule has 0 saturated carbocycles. The highest BCUT2D eigenvalue weighted by molar-refractivity contribution is 6.35. The Morgan fingerprint density at radius 3 is 2.52 bits per heavy atom. The highest BCUT2D eigenvalue weighted by atomic mass is 16.2. The molecule has 0 unspecified atom stereocenters. The number of aryl methyl sites for hydroxylation is 1. The molecule has 4 aromatic rings. The maximum absolute atomic E-state index is 13.5. The average Bonchev–Trinajstić information content (AvgIpc) is 3.05. The summed E-state index contributed by atoms with van der Waals surface area (Å²) < 4.78 is 1.59. The van der Waals surface area contributed by atoms with Crippen molar-refractivity contribution in [3.63, 3.8) is 0 Å². The first-order valence-electron chi connectivity index (χ1n) is 10.3. The largest absolute Gasteiger partial charge is 0.308 e. The average molecular weight is 407 g/mol. The number of amides is 1. The molecule has 0 aliphatic carbocycles. The molecule has 31 heavy (non-hydrogen) atoms. The van der Waals surface area contributed by atoms with Gasteiger partial charge >= 0.3 is 0 Å². The summed E-state index contributed by atoms with van der Waals surface area (Å²) in [6.07, 6.45) is 1.74. The molecular weight excluding hydrogens is 386 g/mol. The van der Waals surface area contributed by atoms with E-state index in [9.17, 15) is 9.59 Å². The number of hydrogen-bond acceptors (Lipinski definition) is 3. The summed E-state index contributed by atoms with van der Waals surface area (Å²) in [4.78, 5) is 33.2. The van der Waals surface area contributed by atoms with Crippen molar-refractivity contribution in [2.24, 2.45) is 0 Å². The number of nitrogens with zero attached hydrogens (tertiary/aromatic N) is 3. The second-order valence-electron chi connectivity index (χ2n) is 7.59. The van der Waals surface area contributed by atoms with E-state index in [0.29, 0.717) is 28.8 Å². The first-order chi connectivity index (χ1) is 15.1. The number of likely N-dealkylation sites (N-methyl/N-ethyl adjacent to an activating group) is 1. The molecule has 1 aromatic heterocycles. The van der Waals surface area contributed by atoms with Crippen LogP contribution in [0.1, 0.15) is 23.9 Å². The zero-order chi connectivity index (χ0) is 21.5. The molecule has 0 radical (unpaired) electrons. The van der Waals surface area contributed by atoms with Gasteiger partial charge in [-0.3, -0.25) is 14.2 Å². The Hall–Kier alpha value is -3.99. The number of benzene rings is 3. The van der Waals surface area contributed by atoms with Gasteiger partial charge in [0.1, 0.15) is 5.82 Å². The van der Waals surface area contributed by atoms with Crippen molar-refractivity contribution in [3.8, 4) is 5.69 Å². The highest BCUT2D eigenvalue weighted by Gasteiger charge is 2.31. The molecule has 0 bridgehead atoms. The summed E-state index contributed by atoms with van der Waals surface area (Å²) in [5, 5.41) is 0.541. The van der Waals surface area contributed by atoms with Crippen molar-refractivity contribution in [3.05, 3.63) is 100 Å². The molecule has 0 spiro atoms. The number of para-hydroxylation sites is 2. The Balaban J connectivity index is 1.82. The van der Waals surface area contributed by atoms with Crippen LogP contribution in [0.15, 0.2) is 77.6 Å². The topological polar surface area (TPSA) is 55.2 Å². The molecule has 0 fully saturated rings. The Morgan fingerprint density at radius 1 is 0.935 bits per heavy atom. The van der Waals surface area contributed by atoms with Gasteiger partial charge in [-0.1, -0.05) is 42.5 Å². The van der Waals surface area contributed by atoms with Crippen molar-refractivity contribution >= 4 is 34.1 Å². The van der Waals surface area contributed by atoms with Crippen molar-refractivity contribution in [2.75, 3.05) is 11.4 Å². The summed E-state index contributed by atoms with van der Waals surface area (Å²) in [6, 6.07) is 22.7. The highest BCUT2D eigenvalue weighted by Crippen LogP contribution is 2.37. The van der Waals surface area contributed by atoms with Crippen LogP contribution in [0.5, 0.6) is 0 Å². The maximum Gasteiger partial charge on any atom is 0.266 e. The number of aromatic nitrogens is 2. The molecule has 0 saturated heterocycles. The Kier molecular flexibility index (Phi) is 4.51. The van der Waals surface area contributed by atoms with Crippen LogP contribution in [0.3, 0.4) is 0 Å². The molecule has 3 aromatic carbocycles. The lowest BCUT2D eigenvalue weighted by Crippen LogP contribution is -2.26. The van der Waals surface area contributed by atoms with Crippen LogP contribution < -0.4 is 10.5 Å². The summed E-state index contributed by atoms with van der Waals surface area (Å²) in [5.41, 5.74) is 4.49. The second kappa shape index (κ2) is 7.36. The smallest absolute Gasteiger partial charge is 0.266 e. The van der Waals surface area contributed by atoms with E-state index >= 15 is 0 Å². The summed E-state index contributed by atoms with van der Waals surface area (Å²) >= 11 is 0. The van der Waals surface area contributed by atoms with E-state index in [0.717, 1.165) is 22.5 Å². The molecule has 5 nitrogen and oxygen atoms in total. The second-order valence-corrected chi connectivity index (χ2v) is 7.59. The van der Waals surface area contributed by atoms with Crippen LogP contribution in [0, 0.1) is 6.92 Å². The molecule has 5 heteroatoms. The third kappa shape index (κ3) is 3.06. The fourth-order valence-corrected chi connectivity index (χ4v) is 4.15. The SMILES string of the molecule is CCN1C(=O)/C(=C/c2nc3ccccc3c(=O)n2-c2cccc(C)c2)c2ccccc21. The van der Waals surface area contributed by atoms with Crippen molar-refractivity contribution < 1.29 is 4.79 Å². The van der Waals surface area contributed by atoms with Gasteiger partial charge in [-0.25, -0.2) is 4.98 Å². The van der Waals surface area contributed by atoms with Crippen LogP contribution in [0.2, 0.25) is 0 Å². The van der Waals surface area contributed by atoms with Crippen LogP contribution in [0.4, 0.5) is 5.69 Å². The lowest BCUT2D eigenvalue weighted by molar-refractivity contribution is -0.112. The Bertz CT molecular complexity index is 1430. The third-order valence-corrected chi connectivity index (χ3v) is 5.61. The van der Waals surface area contributed by atoms with Crippen LogP contribution in [-0.4, -0.2) is 22.0 Å². The summed E-state index contributed by atoms with van der Waals surface area (Å²) in [5.74, 6) is 0.354. The standard InChI is InChI=1S/C26H21N3O2/c1-3-28-23-14-7-5-11-19(23)21(25(28)30)16-24-27-22-13-6-4-12-20(22)26(31)29(24)18-10-8-9-17(2)15-18/h4-16H,3H2,1-2H3/b21-16+. The zero-order valence-corrected chi connectivity index (χ0v) is 17.4. The molecular formula is C26H21N3O2. The number of anilines is 1. The summed E-state index contributed by atoms with van der Waals surface area (Å²) in [7, 11) is 0. The Morgan fingerprint density at radius 2 is 1.71 bits per heavy atom. The normalized spacial score (nSPS) is 14.5. The van der Waals surface area contributed by atoms with Gasteiger partial charge < -0.3 is 4.90 Å². The number of carbonyl (C=O) groups excluding carboxylic acids is 1. The van der Waals surface area contributed by atoms with Gasteiger partial charge in [-0.15, -0.1) is 0 Å². The van der Waals surface area contributed by atoms with Crippen molar-refractivity contribution in [2.45, 2.75) is 13.8 Å².